The zero-order valence-electron chi connectivity index (χ0n) is 10.1. The van der Waals surface area contributed by atoms with Crippen LogP contribution >= 0.6 is 0 Å². The summed E-state index contributed by atoms with van der Waals surface area (Å²) in [6.45, 7) is 13.6. The molecule has 0 unspecified atom stereocenters. The van der Waals surface area contributed by atoms with Gasteiger partial charge in [0.05, 0.1) is 0 Å². The van der Waals surface area contributed by atoms with Crippen molar-refractivity contribution in [2.24, 2.45) is 0 Å². The van der Waals surface area contributed by atoms with E-state index in [0.717, 1.165) is 0 Å². The van der Waals surface area contributed by atoms with Gasteiger partial charge < -0.3 is 0 Å². The third kappa shape index (κ3) is 44.7. The Morgan fingerprint density at radius 2 is 1.00 bits per heavy atom. The molecule has 0 bridgehead atoms. The Labute approximate surface area is 94.9 Å². The van der Waals surface area contributed by atoms with E-state index in [4.69, 9.17) is 0 Å². The molecule has 0 amide bonds. The second-order valence-corrected chi connectivity index (χ2v) is 12.9. The molecule has 0 aromatic heterocycles. The van der Waals surface area contributed by atoms with Gasteiger partial charge >= 0.3 is 38.1 Å². The molecule has 1 aliphatic heterocycles. The Bertz CT molecular complexity index is 94.0. The standard InChI is InChI=1S/C4H6Ge.2C3H9Si/c1-2-4-5-3-1;2*1-4(2)3/h1-2H,3-4H2;2*1-3H3. The molecule has 13 heavy (non-hydrogen) atoms. The first-order valence-corrected chi connectivity index (χ1v) is 13.8. The van der Waals surface area contributed by atoms with Crippen LogP contribution in [-0.2, 0) is 0 Å². The van der Waals surface area contributed by atoms with Gasteiger partial charge in [-0.05, 0) is 0 Å². The summed E-state index contributed by atoms with van der Waals surface area (Å²) in [7, 11) is 0.241. The zero-order chi connectivity index (χ0) is 10.7. The van der Waals surface area contributed by atoms with E-state index in [2.05, 4.69) is 51.4 Å². The number of hydrogen-bond donors (Lipinski definition) is 0. The van der Waals surface area contributed by atoms with E-state index >= 15 is 0 Å². The van der Waals surface area contributed by atoms with Crippen LogP contribution in [0.15, 0.2) is 12.2 Å². The van der Waals surface area contributed by atoms with Crippen molar-refractivity contribution in [2.45, 2.75) is 49.8 Å². The van der Waals surface area contributed by atoms with Crippen LogP contribution < -0.4 is 0 Å². The van der Waals surface area contributed by atoms with Crippen LogP contribution in [0.4, 0.5) is 0 Å². The van der Waals surface area contributed by atoms with E-state index < -0.39 is 0 Å². The summed E-state index contributed by atoms with van der Waals surface area (Å²) in [4.78, 5) is 0. The van der Waals surface area contributed by atoms with Crippen molar-refractivity contribution in [3.8, 4) is 0 Å². The van der Waals surface area contributed by atoms with E-state index in [-0.39, 0.29) is 17.6 Å². The van der Waals surface area contributed by atoms with Crippen molar-refractivity contribution in [2.75, 3.05) is 0 Å². The maximum Gasteiger partial charge on any atom is 0.0379 e. The molecule has 0 nitrogen and oxygen atoms in total. The summed E-state index contributed by atoms with van der Waals surface area (Å²) in [5, 5.41) is 2.89. The van der Waals surface area contributed by atoms with Crippen molar-refractivity contribution >= 4 is 33.0 Å². The van der Waals surface area contributed by atoms with Gasteiger partial charge in [-0.15, -0.1) is 0 Å². The molecule has 0 aromatic rings. The molecular formula is C10H24GeSi2. The fourth-order valence-corrected chi connectivity index (χ4v) is 2.17. The Morgan fingerprint density at radius 1 is 0.769 bits per heavy atom. The second-order valence-electron chi connectivity index (χ2n) is 4.13. The van der Waals surface area contributed by atoms with E-state index in [1.54, 1.807) is 0 Å². The maximum atomic E-state index is 2.29. The molecule has 3 heteroatoms. The maximum absolute atomic E-state index is 2.29. The van der Waals surface area contributed by atoms with Gasteiger partial charge in [-0.25, -0.2) is 0 Å². The molecule has 0 spiro atoms. The predicted octanol–water partition coefficient (Wildman–Crippen LogP) is 3.84. The molecule has 4 radical (unpaired) electrons. The molecule has 0 N–H and O–H groups in total. The van der Waals surface area contributed by atoms with Gasteiger partial charge in [0.25, 0.3) is 0 Å². The Kier molecular flexibility index (Phi) is 15.8. The quantitative estimate of drug-likeness (QED) is 0.464. The topological polar surface area (TPSA) is 0 Å². The minimum atomic E-state index is 0.120. The van der Waals surface area contributed by atoms with Crippen LogP contribution in [0.3, 0.4) is 0 Å². The first-order chi connectivity index (χ1) is 5.96. The van der Waals surface area contributed by atoms with Crippen LogP contribution in [0.2, 0.25) is 49.8 Å². The average Bonchev–Trinajstić information content (AvgIpc) is 2.35. The third-order valence-electron chi connectivity index (χ3n) is 0.691. The van der Waals surface area contributed by atoms with Crippen LogP contribution in [0.1, 0.15) is 0 Å². The first-order valence-electron chi connectivity index (χ1n) is 4.86. The van der Waals surface area contributed by atoms with Gasteiger partial charge in [-0.1, -0.05) is 39.3 Å². The van der Waals surface area contributed by atoms with Gasteiger partial charge in [0.15, 0.2) is 0 Å². The van der Waals surface area contributed by atoms with Crippen LogP contribution in [-0.4, -0.2) is 33.0 Å². The van der Waals surface area contributed by atoms with E-state index in [1.165, 1.54) is 10.5 Å². The molecule has 0 saturated heterocycles. The summed E-state index contributed by atoms with van der Waals surface area (Å²) < 4.78 is 0. The predicted molar refractivity (Wildman–Crippen MR) is 71.2 cm³/mol. The molecular weight excluding hydrogens is 249 g/mol. The van der Waals surface area contributed by atoms with Gasteiger partial charge in [0.1, 0.15) is 0 Å². The summed E-state index contributed by atoms with van der Waals surface area (Å²) in [6.07, 6.45) is 4.58. The Morgan fingerprint density at radius 3 is 1.08 bits per heavy atom. The monoisotopic (exact) mass is 274 g/mol. The van der Waals surface area contributed by atoms with Crippen molar-refractivity contribution in [3.05, 3.63) is 12.2 Å². The number of hydrogen-bond acceptors (Lipinski definition) is 0. The summed E-state index contributed by atoms with van der Waals surface area (Å²) >= 11 is 0.528. The van der Waals surface area contributed by atoms with Gasteiger partial charge in [-0.3, -0.25) is 0 Å². The van der Waals surface area contributed by atoms with Crippen LogP contribution in [0.5, 0.6) is 0 Å². The minimum absolute atomic E-state index is 0.120. The smallest absolute Gasteiger partial charge is 0.0379 e. The van der Waals surface area contributed by atoms with Gasteiger partial charge in [0.2, 0.25) is 0 Å². The Balaban J connectivity index is 0. The van der Waals surface area contributed by atoms with Crippen LogP contribution in [0, 0.1) is 0 Å². The van der Waals surface area contributed by atoms with Crippen molar-refractivity contribution in [1.29, 1.82) is 0 Å². The second kappa shape index (κ2) is 12.7. The third-order valence-corrected chi connectivity index (χ3v) is 2.89. The normalized spacial score (nSPS) is 13.5. The summed E-state index contributed by atoms with van der Waals surface area (Å²) in [5.74, 6) is 0. The average molecular weight is 273 g/mol. The fourth-order valence-electron chi connectivity index (χ4n) is 0.417. The van der Waals surface area contributed by atoms with Crippen molar-refractivity contribution < 1.29 is 0 Å². The fraction of sp³-hybridized carbons (Fsp3) is 0.800. The van der Waals surface area contributed by atoms with Crippen LogP contribution in [0.25, 0.3) is 0 Å². The number of rotatable bonds is 0. The van der Waals surface area contributed by atoms with E-state index in [1.807, 2.05) is 0 Å². The molecule has 0 fully saturated rings. The first kappa shape index (κ1) is 16.2. The SMILES string of the molecule is C1=C[CH2][Ge][CH2]1.C[Si](C)C.C[Si](C)C. The van der Waals surface area contributed by atoms with Gasteiger partial charge in [-0.2, -0.15) is 0 Å². The molecule has 1 heterocycles. The molecule has 0 aliphatic carbocycles. The summed E-state index contributed by atoms with van der Waals surface area (Å²) in [5.41, 5.74) is 0. The molecule has 1 aliphatic rings. The number of allylic oxidation sites excluding steroid dienone is 2. The molecule has 0 atom stereocenters. The van der Waals surface area contributed by atoms with Crippen molar-refractivity contribution in [3.63, 3.8) is 0 Å². The van der Waals surface area contributed by atoms with E-state index in [9.17, 15) is 0 Å². The Hall–Kier alpha value is 0.717. The zero-order valence-corrected chi connectivity index (χ0v) is 14.2. The largest absolute Gasteiger partial charge is 0.0715 e. The minimum Gasteiger partial charge on any atom is -0.0715 e. The van der Waals surface area contributed by atoms with E-state index in [0.29, 0.717) is 15.4 Å². The van der Waals surface area contributed by atoms with Gasteiger partial charge in [0, 0.05) is 17.6 Å². The van der Waals surface area contributed by atoms with Crippen molar-refractivity contribution in [1.82, 2.24) is 0 Å². The molecule has 1 rings (SSSR count). The molecule has 76 valence electrons. The molecule has 0 saturated carbocycles. The molecule has 0 aromatic carbocycles. The summed E-state index contributed by atoms with van der Waals surface area (Å²) in [6, 6.07) is 0.